The van der Waals surface area contributed by atoms with Gasteiger partial charge in [0.2, 0.25) is 0 Å². The van der Waals surface area contributed by atoms with Crippen LogP contribution in [0.2, 0.25) is 0 Å². The van der Waals surface area contributed by atoms with Crippen molar-refractivity contribution in [2.45, 2.75) is 70.8 Å². The van der Waals surface area contributed by atoms with Gasteiger partial charge in [-0.1, -0.05) is 0 Å². The van der Waals surface area contributed by atoms with Crippen LogP contribution in [-0.4, -0.2) is 55.1 Å². The topological polar surface area (TPSA) is 48.0 Å². The molecule has 1 unspecified atom stereocenters. The molecule has 0 aromatic heterocycles. The summed E-state index contributed by atoms with van der Waals surface area (Å²) in [6.45, 7) is 8.86. The second-order valence-corrected chi connectivity index (χ2v) is 6.89. The minimum atomic E-state index is -0.419. The van der Waals surface area contributed by atoms with E-state index in [2.05, 4.69) is 4.90 Å². The number of nitrogens with zero attached hydrogens (tertiary/aromatic N) is 1. The van der Waals surface area contributed by atoms with Crippen molar-refractivity contribution >= 4 is 5.97 Å². The van der Waals surface area contributed by atoms with Crippen LogP contribution in [-0.2, 0) is 19.0 Å². The fourth-order valence-corrected chi connectivity index (χ4v) is 2.87. The molecule has 21 heavy (non-hydrogen) atoms. The van der Waals surface area contributed by atoms with E-state index in [1.807, 2.05) is 20.8 Å². The number of ether oxygens (including phenoxy) is 3. The summed E-state index contributed by atoms with van der Waals surface area (Å²) in [5.74, 6) is -0.103. The highest BCUT2D eigenvalue weighted by Gasteiger charge is 2.33. The zero-order chi connectivity index (χ0) is 15.3. The zero-order valence-corrected chi connectivity index (χ0v) is 13.6. The molecule has 0 N–H and O–H groups in total. The highest BCUT2D eigenvalue weighted by molar-refractivity contribution is 5.76. The van der Waals surface area contributed by atoms with E-state index in [1.165, 1.54) is 6.42 Å². The van der Waals surface area contributed by atoms with Gasteiger partial charge in [0.05, 0.1) is 6.61 Å². The van der Waals surface area contributed by atoms with Crippen LogP contribution in [0.5, 0.6) is 0 Å². The minimum absolute atomic E-state index is 0.0543. The van der Waals surface area contributed by atoms with Gasteiger partial charge < -0.3 is 14.2 Å². The van der Waals surface area contributed by atoms with Gasteiger partial charge in [-0.2, -0.15) is 0 Å². The van der Waals surface area contributed by atoms with Crippen molar-refractivity contribution in [2.24, 2.45) is 0 Å². The predicted octanol–water partition coefficient (Wildman–Crippen LogP) is 2.34. The van der Waals surface area contributed by atoms with Crippen LogP contribution in [0.25, 0.3) is 0 Å². The van der Waals surface area contributed by atoms with E-state index in [0.29, 0.717) is 6.61 Å². The molecule has 2 saturated heterocycles. The number of hydrogen-bond donors (Lipinski definition) is 0. The Balaban J connectivity index is 1.72. The molecule has 5 heteroatoms. The van der Waals surface area contributed by atoms with Crippen LogP contribution >= 0.6 is 0 Å². The van der Waals surface area contributed by atoms with Crippen LogP contribution in [0.4, 0.5) is 0 Å². The number of hydrogen-bond acceptors (Lipinski definition) is 5. The predicted molar refractivity (Wildman–Crippen MR) is 80.0 cm³/mol. The third-order valence-electron chi connectivity index (χ3n) is 3.86. The fourth-order valence-electron chi connectivity index (χ4n) is 2.87. The molecule has 2 aliphatic rings. The number of carbonyl (C=O) groups excluding carboxylic acids is 1. The van der Waals surface area contributed by atoms with Gasteiger partial charge in [-0.3, -0.25) is 9.69 Å². The normalized spacial score (nSPS) is 27.8. The zero-order valence-electron chi connectivity index (χ0n) is 13.6. The molecule has 2 heterocycles. The summed E-state index contributed by atoms with van der Waals surface area (Å²) < 4.78 is 16.8. The lowest BCUT2D eigenvalue weighted by Crippen LogP contribution is -2.42. The van der Waals surface area contributed by atoms with Crippen molar-refractivity contribution in [3.05, 3.63) is 0 Å². The highest BCUT2D eigenvalue weighted by Crippen LogP contribution is 2.21. The van der Waals surface area contributed by atoms with Crippen molar-refractivity contribution in [3.63, 3.8) is 0 Å². The van der Waals surface area contributed by atoms with Gasteiger partial charge in [0.1, 0.15) is 11.6 Å². The van der Waals surface area contributed by atoms with E-state index in [0.717, 1.165) is 45.4 Å². The smallest absolute Gasteiger partial charge is 0.323 e. The Kier molecular flexibility index (Phi) is 6.02. The highest BCUT2D eigenvalue weighted by atomic mass is 16.7. The Morgan fingerprint density at radius 1 is 1.24 bits per heavy atom. The van der Waals surface area contributed by atoms with E-state index in [-0.39, 0.29) is 18.3 Å². The van der Waals surface area contributed by atoms with Gasteiger partial charge in [-0.25, -0.2) is 0 Å². The van der Waals surface area contributed by atoms with Gasteiger partial charge >= 0.3 is 5.97 Å². The minimum Gasteiger partial charge on any atom is -0.459 e. The number of rotatable bonds is 5. The molecular weight excluding hydrogens is 270 g/mol. The van der Waals surface area contributed by atoms with Crippen LogP contribution in [0.15, 0.2) is 0 Å². The Bertz CT molecular complexity index is 334. The Morgan fingerprint density at radius 3 is 2.71 bits per heavy atom. The molecular formula is C16H29NO4. The van der Waals surface area contributed by atoms with Crippen molar-refractivity contribution in [3.8, 4) is 0 Å². The number of likely N-dealkylation sites (tertiary alicyclic amines) is 1. The average Bonchev–Trinajstić information content (AvgIpc) is 2.86. The van der Waals surface area contributed by atoms with Crippen molar-refractivity contribution < 1.29 is 19.0 Å². The van der Waals surface area contributed by atoms with Gasteiger partial charge in [-0.05, 0) is 59.4 Å². The van der Waals surface area contributed by atoms with E-state index in [9.17, 15) is 4.79 Å². The maximum absolute atomic E-state index is 12.2. The first kappa shape index (κ1) is 16.7. The Morgan fingerprint density at radius 2 is 2.05 bits per heavy atom. The van der Waals surface area contributed by atoms with Gasteiger partial charge in [0.25, 0.3) is 0 Å². The molecule has 0 spiro atoms. The molecule has 2 rings (SSSR count). The van der Waals surface area contributed by atoms with Gasteiger partial charge in [-0.15, -0.1) is 0 Å². The van der Waals surface area contributed by atoms with Crippen molar-refractivity contribution in [1.29, 1.82) is 0 Å². The Hall–Kier alpha value is -0.650. The molecule has 2 aliphatic heterocycles. The second-order valence-electron chi connectivity index (χ2n) is 6.89. The molecule has 0 saturated carbocycles. The monoisotopic (exact) mass is 299 g/mol. The van der Waals surface area contributed by atoms with Crippen LogP contribution in [0.3, 0.4) is 0 Å². The molecule has 2 fully saturated rings. The summed E-state index contributed by atoms with van der Waals surface area (Å²) in [5.41, 5.74) is -0.419. The lowest BCUT2D eigenvalue weighted by atomic mass is 10.1. The first-order valence-electron chi connectivity index (χ1n) is 8.16. The molecule has 0 aromatic carbocycles. The lowest BCUT2D eigenvalue weighted by molar-refractivity contribution is -0.168. The van der Waals surface area contributed by atoms with Crippen LogP contribution < -0.4 is 0 Å². The van der Waals surface area contributed by atoms with Crippen molar-refractivity contribution in [1.82, 2.24) is 4.90 Å². The molecule has 122 valence electrons. The lowest BCUT2D eigenvalue weighted by Gasteiger charge is -2.28. The van der Waals surface area contributed by atoms with Crippen LogP contribution in [0.1, 0.15) is 52.9 Å². The molecule has 0 amide bonds. The van der Waals surface area contributed by atoms with Gasteiger partial charge in [0.15, 0.2) is 6.29 Å². The first-order valence-corrected chi connectivity index (χ1v) is 8.16. The molecule has 2 atom stereocenters. The molecule has 0 radical (unpaired) electrons. The number of esters is 1. The van der Waals surface area contributed by atoms with E-state index < -0.39 is 5.60 Å². The SMILES string of the molecule is CC(C)(C)OC(=O)[C@@H]1CCCN1CCOC1CCCCO1. The number of carbonyl (C=O) groups is 1. The van der Waals surface area contributed by atoms with Crippen molar-refractivity contribution in [2.75, 3.05) is 26.3 Å². The first-order chi connectivity index (χ1) is 9.96. The Labute approximate surface area is 127 Å². The molecule has 0 aromatic rings. The third kappa shape index (κ3) is 5.57. The second kappa shape index (κ2) is 7.56. The maximum Gasteiger partial charge on any atom is 0.323 e. The fraction of sp³-hybridized carbons (Fsp3) is 0.938. The molecule has 0 bridgehead atoms. The van der Waals surface area contributed by atoms with E-state index in [4.69, 9.17) is 14.2 Å². The van der Waals surface area contributed by atoms with E-state index >= 15 is 0 Å². The summed E-state index contributed by atoms with van der Waals surface area (Å²) in [7, 11) is 0. The van der Waals surface area contributed by atoms with E-state index in [1.54, 1.807) is 0 Å². The summed E-state index contributed by atoms with van der Waals surface area (Å²) in [6.07, 6.45) is 5.16. The molecule has 5 nitrogen and oxygen atoms in total. The summed E-state index contributed by atoms with van der Waals surface area (Å²) in [6, 6.07) is -0.111. The third-order valence-corrected chi connectivity index (χ3v) is 3.86. The summed E-state index contributed by atoms with van der Waals surface area (Å²) >= 11 is 0. The maximum atomic E-state index is 12.2. The molecule has 0 aliphatic carbocycles. The standard InChI is InChI=1S/C16H29NO4/c1-16(2,3)21-15(18)13-7-6-9-17(13)10-12-20-14-8-4-5-11-19-14/h13-14H,4-12H2,1-3H3/t13-,14?/m0/s1. The van der Waals surface area contributed by atoms with Crippen LogP contribution in [0, 0.1) is 0 Å². The average molecular weight is 299 g/mol. The quantitative estimate of drug-likeness (QED) is 0.729. The van der Waals surface area contributed by atoms with Gasteiger partial charge in [0, 0.05) is 13.2 Å². The largest absolute Gasteiger partial charge is 0.459 e. The summed E-state index contributed by atoms with van der Waals surface area (Å²) in [4.78, 5) is 14.4. The summed E-state index contributed by atoms with van der Waals surface area (Å²) in [5, 5.41) is 0.